The van der Waals surface area contributed by atoms with Crippen LogP contribution in [0, 0.1) is 0 Å². The van der Waals surface area contributed by atoms with Gasteiger partial charge in [0.05, 0.1) is 13.2 Å². The lowest BCUT2D eigenvalue weighted by molar-refractivity contribution is -0.144. The molecule has 1 aliphatic carbocycles. The number of nitrogens with one attached hydrogen (secondary N) is 1. The molecule has 0 aliphatic heterocycles. The fraction of sp³-hybridized carbons (Fsp3) is 0.522. The lowest BCUT2D eigenvalue weighted by atomic mass is 9.94. The molecule has 1 fully saturated rings. The molecule has 0 spiro atoms. The number of hydrogen-bond acceptors (Lipinski definition) is 5. The third kappa shape index (κ3) is 6.34. The highest BCUT2D eigenvalue weighted by molar-refractivity contribution is 5.79. The van der Waals surface area contributed by atoms with Gasteiger partial charge in [0.1, 0.15) is 12.4 Å². The Morgan fingerprint density at radius 1 is 1.10 bits per heavy atom. The number of carbonyl (C=O) groups is 2. The van der Waals surface area contributed by atoms with E-state index in [0.29, 0.717) is 31.7 Å². The largest absolute Gasteiger partial charge is 0.494 e. The van der Waals surface area contributed by atoms with Crippen LogP contribution in [0.15, 0.2) is 35.1 Å². The van der Waals surface area contributed by atoms with Crippen LogP contribution in [0.3, 0.4) is 0 Å². The molecule has 30 heavy (non-hydrogen) atoms. The van der Waals surface area contributed by atoms with E-state index in [0.717, 1.165) is 36.6 Å². The summed E-state index contributed by atoms with van der Waals surface area (Å²) in [6.07, 6.45) is 6.53. The molecule has 1 amide bonds. The van der Waals surface area contributed by atoms with E-state index >= 15 is 0 Å². The Balaban J connectivity index is 1.49. The van der Waals surface area contributed by atoms with Gasteiger partial charge in [0, 0.05) is 36.4 Å². The Labute approximate surface area is 176 Å². The predicted molar refractivity (Wildman–Crippen MR) is 115 cm³/mol. The van der Waals surface area contributed by atoms with Crippen LogP contribution >= 0.6 is 0 Å². The summed E-state index contributed by atoms with van der Waals surface area (Å²) < 4.78 is 10.9. The number of aromatic amines is 1. The van der Waals surface area contributed by atoms with Crippen LogP contribution in [0.4, 0.5) is 0 Å². The molecule has 0 radical (unpaired) electrons. The third-order valence-electron chi connectivity index (χ3n) is 5.47. The first kappa shape index (κ1) is 21.9. The van der Waals surface area contributed by atoms with Crippen molar-refractivity contribution < 1.29 is 19.1 Å². The van der Waals surface area contributed by atoms with Crippen molar-refractivity contribution in [2.45, 2.75) is 57.9 Å². The van der Waals surface area contributed by atoms with Crippen LogP contribution in [0.5, 0.6) is 5.75 Å². The highest BCUT2D eigenvalue weighted by atomic mass is 16.5. The van der Waals surface area contributed by atoms with Gasteiger partial charge in [-0.15, -0.1) is 0 Å². The van der Waals surface area contributed by atoms with Crippen LogP contribution in [0.1, 0.15) is 51.9 Å². The number of nitrogens with zero attached hydrogens (tertiary/aromatic N) is 1. The second-order valence-electron chi connectivity index (χ2n) is 7.74. The van der Waals surface area contributed by atoms with Gasteiger partial charge in [-0.2, -0.15) is 0 Å². The van der Waals surface area contributed by atoms with Gasteiger partial charge < -0.3 is 19.4 Å². The number of ether oxygens (including phenoxy) is 2. The van der Waals surface area contributed by atoms with Crippen LogP contribution in [0.25, 0.3) is 10.9 Å². The molecule has 2 aromatic rings. The molecular formula is C23H30N2O5. The van der Waals surface area contributed by atoms with E-state index < -0.39 is 0 Å². The summed E-state index contributed by atoms with van der Waals surface area (Å²) in [5.41, 5.74) is 0.631. The fourth-order valence-corrected chi connectivity index (χ4v) is 3.97. The van der Waals surface area contributed by atoms with Crippen LogP contribution in [-0.2, 0) is 14.3 Å². The molecule has 0 bridgehead atoms. The van der Waals surface area contributed by atoms with Crippen molar-refractivity contribution in [1.29, 1.82) is 0 Å². The van der Waals surface area contributed by atoms with Crippen molar-refractivity contribution in [2.75, 3.05) is 19.8 Å². The number of hydrogen-bond donors (Lipinski definition) is 1. The number of benzene rings is 1. The molecule has 1 heterocycles. The molecule has 1 aromatic carbocycles. The third-order valence-corrected chi connectivity index (χ3v) is 5.47. The molecule has 0 unspecified atom stereocenters. The summed E-state index contributed by atoms with van der Waals surface area (Å²) >= 11 is 0. The van der Waals surface area contributed by atoms with Gasteiger partial charge >= 0.3 is 5.97 Å². The maximum atomic E-state index is 12.8. The maximum absolute atomic E-state index is 12.8. The van der Waals surface area contributed by atoms with Gasteiger partial charge in [-0.3, -0.25) is 14.4 Å². The highest BCUT2D eigenvalue weighted by Gasteiger charge is 2.25. The molecule has 0 atom stereocenters. The zero-order valence-electron chi connectivity index (χ0n) is 17.5. The minimum Gasteiger partial charge on any atom is -0.494 e. The number of rotatable bonds is 9. The molecule has 3 rings (SSSR count). The second kappa shape index (κ2) is 10.8. The Morgan fingerprint density at radius 2 is 1.90 bits per heavy atom. The Hall–Kier alpha value is -2.83. The lowest BCUT2D eigenvalue weighted by Gasteiger charge is -2.34. The van der Waals surface area contributed by atoms with E-state index in [4.69, 9.17) is 9.47 Å². The lowest BCUT2D eigenvalue weighted by Crippen LogP contribution is -2.43. The fourth-order valence-electron chi connectivity index (χ4n) is 3.97. The zero-order chi connectivity index (χ0) is 21.3. The predicted octanol–water partition coefficient (Wildman–Crippen LogP) is 3.41. The van der Waals surface area contributed by atoms with Gasteiger partial charge in [-0.05, 0) is 43.5 Å². The summed E-state index contributed by atoms with van der Waals surface area (Å²) in [6, 6.07) is 8.99. The average Bonchev–Trinajstić information content (AvgIpc) is 2.74. The Morgan fingerprint density at radius 3 is 2.67 bits per heavy atom. The topological polar surface area (TPSA) is 88.7 Å². The molecule has 0 saturated heterocycles. The SMILES string of the molecule is CC(=O)OCCN(C(=O)CCCOc1ccc2[nH]c(=O)ccc2c1)C1CCCCC1. The summed E-state index contributed by atoms with van der Waals surface area (Å²) in [7, 11) is 0. The molecule has 1 saturated carbocycles. The quantitative estimate of drug-likeness (QED) is 0.502. The molecule has 1 aromatic heterocycles. The molecule has 1 N–H and O–H groups in total. The zero-order valence-corrected chi connectivity index (χ0v) is 17.5. The van der Waals surface area contributed by atoms with E-state index in [1.54, 1.807) is 6.07 Å². The maximum Gasteiger partial charge on any atom is 0.302 e. The molecule has 7 heteroatoms. The van der Waals surface area contributed by atoms with Crippen molar-refractivity contribution in [1.82, 2.24) is 9.88 Å². The number of fused-ring (bicyclic) bond motifs is 1. The van der Waals surface area contributed by atoms with E-state index in [1.807, 2.05) is 23.1 Å². The number of H-pyrrole nitrogens is 1. The second-order valence-corrected chi connectivity index (χ2v) is 7.74. The van der Waals surface area contributed by atoms with Crippen molar-refractivity contribution in [2.24, 2.45) is 0 Å². The Bertz CT molecular complexity index is 917. The van der Waals surface area contributed by atoms with Gasteiger partial charge in [0.15, 0.2) is 0 Å². The number of pyridine rings is 1. The van der Waals surface area contributed by atoms with Crippen molar-refractivity contribution >= 4 is 22.8 Å². The van der Waals surface area contributed by atoms with E-state index in [-0.39, 0.29) is 30.1 Å². The van der Waals surface area contributed by atoms with E-state index in [1.165, 1.54) is 19.4 Å². The molecule has 162 valence electrons. The molecule has 1 aliphatic rings. The molecular weight excluding hydrogens is 384 g/mol. The van der Waals surface area contributed by atoms with Crippen LogP contribution in [-0.4, -0.2) is 47.6 Å². The summed E-state index contributed by atoms with van der Waals surface area (Å²) in [5, 5.41) is 0.900. The normalized spacial score (nSPS) is 14.4. The average molecular weight is 415 g/mol. The first-order valence-corrected chi connectivity index (χ1v) is 10.7. The summed E-state index contributed by atoms with van der Waals surface area (Å²) in [5.74, 6) is 0.480. The smallest absolute Gasteiger partial charge is 0.302 e. The van der Waals surface area contributed by atoms with E-state index in [2.05, 4.69) is 4.98 Å². The van der Waals surface area contributed by atoms with Gasteiger partial charge in [0.2, 0.25) is 11.5 Å². The minimum atomic E-state index is -0.320. The minimum absolute atomic E-state index is 0.0914. The first-order valence-electron chi connectivity index (χ1n) is 10.7. The van der Waals surface area contributed by atoms with Crippen molar-refractivity contribution in [3.05, 3.63) is 40.7 Å². The highest BCUT2D eigenvalue weighted by Crippen LogP contribution is 2.23. The molecule has 7 nitrogen and oxygen atoms in total. The number of esters is 1. The first-order chi connectivity index (χ1) is 14.5. The Kier molecular flexibility index (Phi) is 7.88. The summed E-state index contributed by atoms with van der Waals surface area (Å²) in [4.78, 5) is 39.9. The number of carbonyl (C=O) groups excluding carboxylic acids is 2. The van der Waals surface area contributed by atoms with Gasteiger partial charge in [-0.25, -0.2) is 0 Å². The van der Waals surface area contributed by atoms with Crippen molar-refractivity contribution in [3.8, 4) is 5.75 Å². The number of amides is 1. The standard InChI is InChI=1S/C23H30N2O5/c1-17(26)29-15-13-25(19-6-3-2-4-7-19)23(28)8-5-14-30-20-10-11-21-18(16-20)9-12-22(27)24-21/h9-12,16,19H,2-8,13-15H2,1H3,(H,24,27). The van der Waals surface area contributed by atoms with Crippen molar-refractivity contribution in [3.63, 3.8) is 0 Å². The number of aromatic nitrogens is 1. The van der Waals surface area contributed by atoms with E-state index in [9.17, 15) is 14.4 Å². The summed E-state index contributed by atoms with van der Waals surface area (Å²) in [6.45, 7) is 2.51. The monoisotopic (exact) mass is 414 g/mol. The van der Waals surface area contributed by atoms with Crippen LogP contribution < -0.4 is 10.3 Å². The van der Waals surface area contributed by atoms with Gasteiger partial charge in [0.25, 0.3) is 0 Å². The van der Waals surface area contributed by atoms with Gasteiger partial charge in [-0.1, -0.05) is 19.3 Å². The van der Waals surface area contributed by atoms with Crippen LogP contribution in [0.2, 0.25) is 0 Å².